The molecule has 1 aliphatic carbocycles. The summed E-state index contributed by atoms with van der Waals surface area (Å²) in [6, 6.07) is 5.08. The van der Waals surface area contributed by atoms with E-state index in [1.165, 1.54) is 6.42 Å². The summed E-state index contributed by atoms with van der Waals surface area (Å²) < 4.78 is 0. The number of hydrogen-bond donors (Lipinski definition) is 3. The summed E-state index contributed by atoms with van der Waals surface area (Å²) in [6.45, 7) is 4.22. The first kappa shape index (κ1) is 14.9. The van der Waals surface area contributed by atoms with Crippen molar-refractivity contribution in [3.05, 3.63) is 29.3 Å². The lowest BCUT2D eigenvalue weighted by atomic mass is 9.76. The number of aliphatic hydroxyl groups excluding tert-OH is 1. The van der Waals surface area contributed by atoms with E-state index < -0.39 is 5.97 Å². The van der Waals surface area contributed by atoms with Crippen molar-refractivity contribution in [3.63, 3.8) is 0 Å². The minimum absolute atomic E-state index is 0.109. The van der Waals surface area contributed by atoms with Gasteiger partial charge >= 0.3 is 5.97 Å². The molecule has 0 aromatic heterocycles. The maximum absolute atomic E-state index is 11.0. The number of carboxylic acids is 1. The van der Waals surface area contributed by atoms with Gasteiger partial charge in [0.25, 0.3) is 0 Å². The predicted octanol–water partition coefficient (Wildman–Crippen LogP) is 3.05. The van der Waals surface area contributed by atoms with E-state index in [4.69, 9.17) is 5.11 Å². The quantitative estimate of drug-likeness (QED) is 0.791. The molecule has 1 fully saturated rings. The van der Waals surface area contributed by atoms with E-state index in [-0.39, 0.29) is 12.1 Å². The molecular formula is C16H23NO3. The van der Waals surface area contributed by atoms with Gasteiger partial charge in [0.1, 0.15) is 0 Å². The highest BCUT2D eigenvalue weighted by molar-refractivity contribution is 5.88. The fraction of sp³-hybridized carbons (Fsp3) is 0.562. The molecule has 1 saturated carbocycles. The van der Waals surface area contributed by atoms with Crippen LogP contribution < -0.4 is 5.32 Å². The minimum atomic E-state index is -0.914. The van der Waals surface area contributed by atoms with Crippen LogP contribution in [-0.4, -0.2) is 28.3 Å². The molecule has 0 aliphatic heterocycles. The second-order valence-corrected chi connectivity index (χ2v) is 6.10. The van der Waals surface area contributed by atoms with Crippen molar-refractivity contribution >= 4 is 11.7 Å². The van der Waals surface area contributed by atoms with Gasteiger partial charge in [0.15, 0.2) is 0 Å². The SMILES string of the molecule is Cc1cc(C(=O)O)ccc1NC1(CO)CCCC(C)C1. The lowest BCUT2D eigenvalue weighted by Gasteiger charge is -2.40. The predicted molar refractivity (Wildman–Crippen MR) is 79.2 cm³/mol. The maximum Gasteiger partial charge on any atom is 0.335 e. The normalized spacial score (nSPS) is 26.2. The number of anilines is 1. The molecule has 1 aromatic carbocycles. The topological polar surface area (TPSA) is 69.6 Å². The summed E-state index contributed by atoms with van der Waals surface area (Å²) >= 11 is 0. The Morgan fingerprint density at radius 2 is 2.25 bits per heavy atom. The van der Waals surface area contributed by atoms with Crippen LogP contribution in [0.2, 0.25) is 0 Å². The van der Waals surface area contributed by atoms with Crippen molar-refractivity contribution in [1.29, 1.82) is 0 Å². The van der Waals surface area contributed by atoms with Crippen molar-refractivity contribution in [2.45, 2.75) is 45.1 Å². The third-order valence-electron chi connectivity index (χ3n) is 4.27. The average Bonchev–Trinajstić information content (AvgIpc) is 2.41. The van der Waals surface area contributed by atoms with E-state index in [9.17, 15) is 9.90 Å². The first-order chi connectivity index (χ1) is 9.46. The van der Waals surface area contributed by atoms with E-state index >= 15 is 0 Å². The Balaban J connectivity index is 2.21. The van der Waals surface area contributed by atoms with Gasteiger partial charge in [-0.1, -0.05) is 19.8 Å². The maximum atomic E-state index is 11.0. The van der Waals surface area contributed by atoms with Gasteiger partial charge in [0, 0.05) is 5.69 Å². The Bertz CT molecular complexity index is 500. The van der Waals surface area contributed by atoms with Gasteiger partial charge < -0.3 is 15.5 Å². The van der Waals surface area contributed by atoms with E-state index in [0.717, 1.165) is 30.5 Å². The van der Waals surface area contributed by atoms with E-state index in [0.29, 0.717) is 11.5 Å². The largest absolute Gasteiger partial charge is 0.478 e. The van der Waals surface area contributed by atoms with Crippen LogP contribution in [0.4, 0.5) is 5.69 Å². The molecule has 20 heavy (non-hydrogen) atoms. The van der Waals surface area contributed by atoms with E-state index in [1.807, 2.05) is 6.92 Å². The van der Waals surface area contributed by atoms with Crippen LogP contribution in [-0.2, 0) is 0 Å². The summed E-state index contributed by atoms with van der Waals surface area (Å²) in [7, 11) is 0. The Morgan fingerprint density at radius 1 is 1.50 bits per heavy atom. The number of nitrogens with one attached hydrogen (secondary N) is 1. The summed E-state index contributed by atoms with van der Waals surface area (Å²) in [6.07, 6.45) is 4.22. The Morgan fingerprint density at radius 3 is 2.80 bits per heavy atom. The molecule has 3 N–H and O–H groups in total. The zero-order valence-electron chi connectivity index (χ0n) is 12.1. The second kappa shape index (κ2) is 5.83. The number of carboxylic acid groups (broad SMARTS) is 1. The monoisotopic (exact) mass is 277 g/mol. The molecule has 0 radical (unpaired) electrons. The van der Waals surface area contributed by atoms with Crippen LogP contribution in [0.15, 0.2) is 18.2 Å². The van der Waals surface area contributed by atoms with Crippen LogP contribution in [0, 0.1) is 12.8 Å². The van der Waals surface area contributed by atoms with E-state index in [2.05, 4.69) is 12.2 Å². The zero-order valence-corrected chi connectivity index (χ0v) is 12.1. The molecule has 0 spiro atoms. The molecule has 0 amide bonds. The van der Waals surface area contributed by atoms with Crippen molar-refractivity contribution < 1.29 is 15.0 Å². The fourth-order valence-corrected chi connectivity index (χ4v) is 3.18. The lowest BCUT2D eigenvalue weighted by Crippen LogP contribution is -2.46. The standard InChI is InChI=1S/C16H23NO3/c1-11-4-3-7-16(9-11,10-18)17-14-6-5-13(15(19)20)8-12(14)2/h5-6,8,11,17-18H,3-4,7,9-10H2,1-2H3,(H,19,20). The molecule has 0 heterocycles. The van der Waals surface area contributed by atoms with Gasteiger partial charge in [-0.15, -0.1) is 0 Å². The van der Waals surface area contributed by atoms with Gasteiger partial charge in [-0.05, 0) is 49.4 Å². The third-order valence-corrected chi connectivity index (χ3v) is 4.27. The van der Waals surface area contributed by atoms with Crippen LogP contribution in [0.1, 0.15) is 48.5 Å². The van der Waals surface area contributed by atoms with Crippen molar-refractivity contribution in [3.8, 4) is 0 Å². The zero-order chi connectivity index (χ0) is 14.8. The van der Waals surface area contributed by atoms with Gasteiger partial charge in [0.2, 0.25) is 0 Å². The highest BCUT2D eigenvalue weighted by Gasteiger charge is 2.34. The molecule has 1 aromatic rings. The second-order valence-electron chi connectivity index (χ2n) is 6.10. The average molecular weight is 277 g/mol. The first-order valence-corrected chi connectivity index (χ1v) is 7.19. The van der Waals surface area contributed by atoms with Gasteiger partial charge in [0.05, 0.1) is 17.7 Å². The summed E-state index contributed by atoms with van der Waals surface area (Å²) in [5.74, 6) is -0.315. The molecular weight excluding hydrogens is 254 g/mol. The smallest absolute Gasteiger partial charge is 0.335 e. The van der Waals surface area contributed by atoms with Crippen molar-refractivity contribution in [2.75, 3.05) is 11.9 Å². The molecule has 0 saturated heterocycles. The van der Waals surface area contributed by atoms with Crippen molar-refractivity contribution in [1.82, 2.24) is 0 Å². The number of aryl methyl sites for hydroxylation is 1. The van der Waals surface area contributed by atoms with Crippen molar-refractivity contribution in [2.24, 2.45) is 5.92 Å². The van der Waals surface area contributed by atoms with Crippen LogP contribution >= 0.6 is 0 Å². The number of aromatic carboxylic acids is 1. The third kappa shape index (κ3) is 3.12. The highest BCUT2D eigenvalue weighted by atomic mass is 16.4. The molecule has 110 valence electrons. The Kier molecular flexibility index (Phi) is 4.33. The number of benzene rings is 1. The van der Waals surface area contributed by atoms with Gasteiger partial charge in [-0.2, -0.15) is 0 Å². The molecule has 2 rings (SSSR count). The number of rotatable bonds is 4. The molecule has 4 heteroatoms. The minimum Gasteiger partial charge on any atom is -0.478 e. The van der Waals surface area contributed by atoms with E-state index in [1.54, 1.807) is 18.2 Å². The number of hydrogen-bond acceptors (Lipinski definition) is 3. The molecule has 0 bridgehead atoms. The highest BCUT2D eigenvalue weighted by Crippen LogP contribution is 2.35. The first-order valence-electron chi connectivity index (χ1n) is 7.19. The molecule has 2 unspecified atom stereocenters. The number of carbonyl (C=O) groups is 1. The fourth-order valence-electron chi connectivity index (χ4n) is 3.18. The Labute approximate surface area is 119 Å². The summed E-state index contributed by atoms with van der Waals surface area (Å²) in [5, 5.41) is 22.3. The van der Waals surface area contributed by atoms with Crippen LogP contribution in [0.3, 0.4) is 0 Å². The number of aliphatic hydroxyl groups is 1. The summed E-state index contributed by atoms with van der Waals surface area (Å²) in [4.78, 5) is 11.0. The van der Waals surface area contributed by atoms with Gasteiger partial charge in [-0.3, -0.25) is 0 Å². The van der Waals surface area contributed by atoms with Gasteiger partial charge in [-0.25, -0.2) is 4.79 Å². The summed E-state index contributed by atoms with van der Waals surface area (Å²) in [5.41, 5.74) is 1.84. The molecule has 1 aliphatic rings. The molecule has 4 nitrogen and oxygen atoms in total. The van der Waals surface area contributed by atoms with Crippen LogP contribution in [0.25, 0.3) is 0 Å². The Hall–Kier alpha value is -1.55. The molecule has 2 atom stereocenters. The van der Waals surface area contributed by atoms with Crippen LogP contribution in [0.5, 0.6) is 0 Å². The lowest BCUT2D eigenvalue weighted by molar-refractivity contribution is 0.0697.